The van der Waals surface area contributed by atoms with Crippen LogP contribution in [0.1, 0.15) is 69.7 Å². The summed E-state index contributed by atoms with van der Waals surface area (Å²) in [6.45, 7) is 13.3. The third-order valence-electron chi connectivity index (χ3n) is 9.55. The summed E-state index contributed by atoms with van der Waals surface area (Å²) < 4.78 is 8.73. The lowest BCUT2D eigenvalue weighted by atomic mass is 9.82. The average Bonchev–Trinajstić information content (AvgIpc) is 3.65. The van der Waals surface area contributed by atoms with Crippen LogP contribution in [0.15, 0.2) is 84.1 Å². The molecule has 1 saturated heterocycles. The van der Waals surface area contributed by atoms with Crippen molar-refractivity contribution in [2.75, 3.05) is 18.1 Å². The van der Waals surface area contributed by atoms with Crippen LogP contribution in [0.25, 0.3) is 0 Å². The van der Waals surface area contributed by atoms with Crippen LogP contribution in [0.4, 0.5) is 5.69 Å². The van der Waals surface area contributed by atoms with Gasteiger partial charge >= 0.3 is 0 Å². The first kappa shape index (κ1) is 33.0. The van der Waals surface area contributed by atoms with Gasteiger partial charge in [0, 0.05) is 36.3 Å². The van der Waals surface area contributed by atoms with Crippen LogP contribution in [0.5, 0.6) is 0 Å². The van der Waals surface area contributed by atoms with Crippen molar-refractivity contribution in [1.29, 1.82) is 0 Å². The molecule has 240 valence electrons. The van der Waals surface area contributed by atoms with E-state index < -0.39 is 13.9 Å². The van der Waals surface area contributed by atoms with Crippen molar-refractivity contribution < 1.29 is 19.4 Å². The predicted molar refractivity (Wildman–Crippen MR) is 180 cm³/mol. The van der Waals surface area contributed by atoms with Gasteiger partial charge in [-0.15, -0.1) is 5.10 Å². The number of aromatic nitrogens is 3. The maximum atomic E-state index is 14.5. The third kappa shape index (κ3) is 6.63. The molecule has 0 saturated carbocycles. The summed E-state index contributed by atoms with van der Waals surface area (Å²) >= 11 is 0. The van der Waals surface area contributed by atoms with E-state index in [2.05, 4.69) is 50.2 Å². The number of para-hydroxylation sites is 1. The molecular formula is C36H48N4O4Si. The molecule has 3 heterocycles. The van der Waals surface area contributed by atoms with Crippen molar-refractivity contribution in [3.63, 3.8) is 0 Å². The molecule has 9 heteroatoms. The Morgan fingerprint density at radius 2 is 1.80 bits per heavy atom. The Labute approximate surface area is 268 Å². The number of benzene rings is 2. The van der Waals surface area contributed by atoms with Gasteiger partial charge in [-0.3, -0.25) is 9.48 Å². The monoisotopic (exact) mass is 628 g/mol. The summed E-state index contributed by atoms with van der Waals surface area (Å²) in [4.78, 5) is 27.9. The molecule has 0 aliphatic carbocycles. The number of allylic oxidation sites excluding steroid dienone is 3. The second kappa shape index (κ2) is 13.5. The number of aliphatic hydroxyl groups excluding tert-OH is 1. The molecule has 2 aliphatic heterocycles. The molecule has 1 amide bonds. The molecule has 2 aliphatic rings. The van der Waals surface area contributed by atoms with Gasteiger partial charge in [-0.05, 0) is 64.8 Å². The van der Waals surface area contributed by atoms with Crippen molar-refractivity contribution in [2.24, 2.45) is 5.92 Å². The average molecular weight is 629 g/mol. The fourth-order valence-corrected chi connectivity index (χ4v) is 9.92. The number of rotatable bonds is 12. The molecule has 1 spiro atoms. The first-order valence-corrected chi connectivity index (χ1v) is 19.2. The number of hydrogen-bond donors (Lipinski definition) is 2. The van der Waals surface area contributed by atoms with Crippen LogP contribution in [0, 0.1) is 5.92 Å². The summed E-state index contributed by atoms with van der Waals surface area (Å²) in [5.74, 6) is -0.517. The topological polar surface area (TPSA) is 101 Å². The molecule has 2 aromatic carbocycles. The number of ether oxygens (including phenoxy) is 1. The molecular weight excluding hydrogens is 581 g/mol. The van der Waals surface area contributed by atoms with Gasteiger partial charge in [0.1, 0.15) is 0 Å². The maximum absolute atomic E-state index is 14.5. The SMILES string of the molecule is CC(C)=CCC/C(C)=C/CN1C(=O)[C@@]2(O[C@@H](CCn3cc(C(CO)c4ccccc4)nn3)[C@H]([Si](C)(C)O)[C@H]2C)c2ccccc21. The van der Waals surface area contributed by atoms with Crippen molar-refractivity contribution >= 4 is 19.9 Å². The van der Waals surface area contributed by atoms with Gasteiger partial charge in [-0.1, -0.05) is 84.0 Å². The van der Waals surface area contributed by atoms with Crippen LogP contribution < -0.4 is 4.90 Å². The number of fused-ring (bicyclic) bond motifs is 2. The van der Waals surface area contributed by atoms with E-state index in [4.69, 9.17) is 4.74 Å². The first-order chi connectivity index (χ1) is 21.5. The second-order valence-corrected chi connectivity index (χ2v) is 17.5. The lowest BCUT2D eigenvalue weighted by Gasteiger charge is -2.32. The van der Waals surface area contributed by atoms with E-state index in [0.29, 0.717) is 25.2 Å². The summed E-state index contributed by atoms with van der Waals surface area (Å²) in [5, 5.41) is 18.8. The minimum absolute atomic E-state index is 0.0491. The van der Waals surface area contributed by atoms with E-state index in [0.717, 1.165) is 29.7 Å². The van der Waals surface area contributed by atoms with E-state index in [-0.39, 0.29) is 36.0 Å². The van der Waals surface area contributed by atoms with Gasteiger partial charge in [-0.2, -0.15) is 0 Å². The standard InChI is InChI=1S/C36H48N4O4Si/c1-25(2)13-12-14-26(3)19-22-40-32-18-11-10-17-30(32)36(35(40)42)27(4)34(45(5,6)43)33(44-36)20-21-39-23-31(37-38-39)29(24-41)28-15-8-7-9-16-28/h7-11,13,15-19,23,27,29,33-34,41,43H,12,14,20-22,24H2,1-6H3/b26-19+/t27-,29?,33+,34-,36+/m1/s1. The smallest absolute Gasteiger partial charge is 0.264 e. The zero-order valence-electron chi connectivity index (χ0n) is 27.5. The number of carbonyl (C=O) groups excluding carboxylic acids is 1. The molecule has 2 N–H and O–H groups in total. The maximum Gasteiger partial charge on any atom is 0.264 e. The van der Waals surface area contributed by atoms with Crippen LogP contribution in [-0.4, -0.2) is 58.4 Å². The Hall–Kier alpha value is -3.37. The highest BCUT2D eigenvalue weighted by Crippen LogP contribution is 2.59. The van der Waals surface area contributed by atoms with Gasteiger partial charge in [0.25, 0.3) is 5.91 Å². The summed E-state index contributed by atoms with van der Waals surface area (Å²) in [6.07, 6.45) is 8.46. The van der Waals surface area contributed by atoms with E-state index in [1.54, 1.807) is 4.68 Å². The Morgan fingerprint density at radius 3 is 2.49 bits per heavy atom. The van der Waals surface area contributed by atoms with Gasteiger partial charge in [0.05, 0.1) is 30.0 Å². The van der Waals surface area contributed by atoms with Crippen LogP contribution in [-0.2, 0) is 21.7 Å². The van der Waals surface area contributed by atoms with Crippen LogP contribution in [0.2, 0.25) is 18.6 Å². The molecule has 3 aromatic rings. The number of aliphatic hydroxyl groups is 1. The van der Waals surface area contributed by atoms with Crippen molar-refractivity contribution in [1.82, 2.24) is 15.0 Å². The van der Waals surface area contributed by atoms with Crippen LogP contribution in [0.3, 0.4) is 0 Å². The van der Waals surface area contributed by atoms with E-state index in [1.165, 1.54) is 11.1 Å². The Bertz CT molecular complexity index is 1540. The van der Waals surface area contributed by atoms with Crippen LogP contribution >= 0.6 is 0 Å². The fraction of sp³-hybridized carbons (Fsp3) is 0.472. The minimum Gasteiger partial charge on any atom is -0.432 e. The number of anilines is 1. The zero-order chi connectivity index (χ0) is 32.4. The first-order valence-electron chi connectivity index (χ1n) is 16.1. The summed E-state index contributed by atoms with van der Waals surface area (Å²) in [7, 11) is -2.77. The van der Waals surface area contributed by atoms with Crippen molar-refractivity contribution in [2.45, 2.75) is 89.8 Å². The Kier molecular flexibility index (Phi) is 9.93. The van der Waals surface area contributed by atoms with Crippen molar-refractivity contribution in [3.8, 4) is 0 Å². The molecule has 0 radical (unpaired) electrons. The Balaban J connectivity index is 1.38. The molecule has 5 rings (SSSR count). The summed E-state index contributed by atoms with van der Waals surface area (Å²) in [5.41, 5.74) is 4.72. The summed E-state index contributed by atoms with van der Waals surface area (Å²) in [6, 6.07) is 17.8. The number of carbonyl (C=O) groups is 1. The Morgan fingerprint density at radius 1 is 1.09 bits per heavy atom. The molecule has 0 bridgehead atoms. The minimum atomic E-state index is -2.77. The third-order valence-corrected chi connectivity index (χ3v) is 12.0. The molecule has 8 nitrogen and oxygen atoms in total. The fourth-order valence-electron chi connectivity index (χ4n) is 7.32. The lowest BCUT2D eigenvalue weighted by Crippen LogP contribution is -2.46. The second-order valence-electron chi connectivity index (χ2n) is 13.5. The number of hydrogen-bond acceptors (Lipinski definition) is 6. The van der Waals surface area contributed by atoms with E-state index >= 15 is 0 Å². The normalized spacial score (nSPS) is 23.9. The molecule has 1 fully saturated rings. The molecule has 1 unspecified atom stereocenters. The molecule has 45 heavy (non-hydrogen) atoms. The highest BCUT2D eigenvalue weighted by Gasteiger charge is 2.65. The van der Waals surface area contributed by atoms with Gasteiger partial charge in [0.15, 0.2) is 13.9 Å². The van der Waals surface area contributed by atoms with Gasteiger partial charge in [-0.25, -0.2) is 0 Å². The lowest BCUT2D eigenvalue weighted by molar-refractivity contribution is -0.145. The van der Waals surface area contributed by atoms with Gasteiger partial charge < -0.3 is 19.5 Å². The number of amides is 1. The largest absolute Gasteiger partial charge is 0.432 e. The highest BCUT2D eigenvalue weighted by atomic mass is 28.4. The van der Waals surface area contributed by atoms with E-state index in [1.807, 2.05) is 78.8 Å². The zero-order valence-corrected chi connectivity index (χ0v) is 28.5. The molecule has 5 atom stereocenters. The van der Waals surface area contributed by atoms with Crippen molar-refractivity contribution in [3.05, 3.63) is 101 Å². The number of nitrogens with zero attached hydrogens (tertiary/aromatic N) is 4. The van der Waals surface area contributed by atoms with E-state index in [9.17, 15) is 14.7 Å². The quantitative estimate of drug-likeness (QED) is 0.180. The van der Waals surface area contributed by atoms with Gasteiger partial charge in [0.2, 0.25) is 0 Å². The molecule has 1 aromatic heterocycles. The highest BCUT2D eigenvalue weighted by molar-refractivity contribution is 6.71. The predicted octanol–water partition coefficient (Wildman–Crippen LogP) is 6.33. The number of aryl methyl sites for hydroxylation is 1.